The maximum absolute atomic E-state index is 5.08. The highest BCUT2D eigenvalue weighted by Crippen LogP contribution is 2.20. The molecule has 1 aliphatic carbocycles. The number of aromatic nitrogens is 2. The average molecular weight is 237 g/mol. The normalized spacial score (nSPS) is 17.2. The number of hydrogen-bond acceptors (Lipinski definition) is 3. The van der Waals surface area contributed by atoms with E-state index in [1.54, 1.807) is 7.11 Å². The molecule has 2 rings (SSSR count). The van der Waals surface area contributed by atoms with Crippen LogP contribution in [-0.2, 0) is 11.3 Å². The number of anilines is 1. The first-order valence-corrected chi connectivity index (χ1v) is 6.67. The summed E-state index contributed by atoms with van der Waals surface area (Å²) in [6.45, 7) is 1.78. The number of rotatable bonds is 6. The second-order valence-electron chi connectivity index (χ2n) is 4.77. The molecule has 1 N–H and O–H groups in total. The van der Waals surface area contributed by atoms with Crippen molar-refractivity contribution in [1.29, 1.82) is 0 Å². The van der Waals surface area contributed by atoms with Crippen molar-refractivity contribution in [1.82, 2.24) is 9.55 Å². The van der Waals surface area contributed by atoms with E-state index in [9.17, 15) is 0 Å². The average Bonchev–Trinajstić information content (AvgIpc) is 2.79. The van der Waals surface area contributed by atoms with Crippen LogP contribution in [0.15, 0.2) is 12.4 Å². The molecule has 1 aromatic heterocycles. The summed E-state index contributed by atoms with van der Waals surface area (Å²) in [5.41, 5.74) is 0. The van der Waals surface area contributed by atoms with Gasteiger partial charge in [0.25, 0.3) is 0 Å². The Morgan fingerprint density at radius 3 is 3.00 bits per heavy atom. The molecule has 0 aliphatic heterocycles. The Morgan fingerprint density at radius 2 is 2.24 bits per heavy atom. The van der Waals surface area contributed by atoms with E-state index in [0.717, 1.165) is 25.5 Å². The first kappa shape index (κ1) is 12.4. The van der Waals surface area contributed by atoms with Crippen LogP contribution >= 0.6 is 0 Å². The molecule has 4 heteroatoms. The van der Waals surface area contributed by atoms with Crippen LogP contribution < -0.4 is 5.32 Å². The Kier molecular flexibility index (Phi) is 4.86. The number of aryl methyl sites for hydroxylation is 1. The maximum Gasteiger partial charge on any atom is 0.202 e. The van der Waals surface area contributed by atoms with Crippen molar-refractivity contribution in [2.75, 3.05) is 19.0 Å². The zero-order chi connectivity index (χ0) is 11.9. The first-order chi connectivity index (χ1) is 8.40. The Labute approximate surface area is 103 Å². The van der Waals surface area contributed by atoms with Gasteiger partial charge in [-0.25, -0.2) is 4.98 Å². The van der Waals surface area contributed by atoms with Crippen molar-refractivity contribution in [3.8, 4) is 0 Å². The molecular formula is C13H23N3O. The summed E-state index contributed by atoms with van der Waals surface area (Å²) in [4.78, 5) is 4.40. The number of nitrogens with one attached hydrogen (secondary N) is 1. The third kappa shape index (κ3) is 3.73. The molecule has 1 aliphatic rings. The van der Waals surface area contributed by atoms with Gasteiger partial charge < -0.3 is 14.6 Å². The lowest BCUT2D eigenvalue weighted by Crippen LogP contribution is -2.24. The van der Waals surface area contributed by atoms with E-state index in [-0.39, 0.29) is 0 Å². The maximum atomic E-state index is 5.08. The number of ether oxygens (including phenoxy) is 1. The van der Waals surface area contributed by atoms with Gasteiger partial charge in [0.2, 0.25) is 5.95 Å². The fourth-order valence-electron chi connectivity index (χ4n) is 2.44. The zero-order valence-corrected chi connectivity index (χ0v) is 10.7. The number of nitrogens with zero attached hydrogens (tertiary/aromatic N) is 2. The van der Waals surface area contributed by atoms with Gasteiger partial charge in [-0.3, -0.25) is 0 Å². The van der Waals surface area contributed by atoms with Crippen LogP contribution in [0.4, 0.5) is 5.95 Å². The van der Waals surface area contributed by atoms with Gasteiger partial charge >= 0.3 is 0 Å². The van der Waals surface area contributed by atoms with Crippen molar-refractivity contribution >= 4 is 5.95 Å². The van der Waals surface area contributed by atoms with Crippen molar-refractivity contribution in [2.45, 2.75) is 51.1 Å². The van der Waals surface area contributed by atoms with E-state index in [1.165, 1.54) is 32.1 Å². The van der Waals surface area contributed by atoms with Gasteiger partial charge in [0.15, 0.2) is 0 Å². The highest BCUT2D eigenvalue weighted by atomic mass is 16.5. The predicted octanol–water partition coefficient (Wildman–Crippen LogP) is 2.66. The van der Waals surface area contributed by atoms with Crippen LogP contribution in [-0.4, -0.2) is 29.3 Å². The van der Waals surface area contributed by atoms with E-state index < -0.39 is 0 Å². The molecule has 0 radical (unpaired) electrons. The summed E-state index contributed by atoms with van der Waals surface area (Å²) in [5.74, 6) is 1.02. The first-order valence-electron chi connectivity index (χ1n) is 6.67. The Morgan fingerprint density at radius 1 is 1.41 bits per heavy atom. The number of imidazole rings is 1. The molecule has 0 unspecified atom stereocenters. The third-order valence-corrected chi connectivity index (χ3v) is 3.40. The summed E-state index contributed by atoms with van der Waals surface area (Å²) < 4.78 is 7.26. The standard InChI is InChI=1S/C13H23N3O/c1-17-11-5-9-16-10-8-14-13(16)15-12-6-3-2-4-7-12/h8,10,12H,2-7,9,11H2,1H3,(H,14,15). The lowest BCUT2D eigenvalue weighted by Gasteiger charge is -2.23. The van der Waals surface area contributed by atoms with Crippen molar-refractivity contribution in [3.63, 3.8) is 0 Å². The smallest absolute Gasteiger partial charge is 0.202 e. The second-order valence-corrected chi connectivity index (χ2v) is 4.77. The summed E-state index contributed by atoms with van der Waals surface area (Å²) in [5, 5.41) is 3.57. The molecule has 4 nitrogen and oxygen atoms in total. The van der Waals surface area contributed by atoms with Crippen LogP contribution in [0.3, 0.4) is 0 Å². The SMILES string of the molecule is COCCCn1ccnc1NC1CCCCC1. The van der Waals surface area contributed by atoms with Gasteiger partial charge in [-0.05, 0) is 19.3 Å². The fourth-order valence-corrected chi connectivity index (χ4v) is 2.44. The molecule has 0 spiro atoms. The van der Waals surface area contributed by atoms with Crippen LogP contribution in [0, 0.1) is 0 Å². The minimum atomic E-state index is 0.618. The van der Waals surface area contributed by atoms with Gasteiger partial charge in [-0.15, -0.1) is 0 Å². The van der Waals surface area contributed by atoms with Gasteiger partial charge in [0.1, 0.15) is 0 Å². The van der Waals surface area contributed by atoms with Gasteiger partial charge in [0.05, 0.1) is 0 Å². The predicted molar refractivity (Wildman–Crippen MR) is 69.2 cm³/mol. The zero-order valence-electron chi connectivity index (χ0n) is 10.7. The molecule has 0 amide bonds. The topological polar surface area (TPSA) is 39.1 Å². The van der Waals surface area contributed by atoms with Crippen LogP contribution in [0.1, 0.15) is 38.5 Å². The highest BCUT2D eigenvalue weighted by Gasteiger charge is 2.14. The molecule has 0 atom stereocenters. The monoisotopic (exact) mass is 237 g/mol. The Bertz CT molecular complexity index is 318. The molecule has 96 valence electrons. The molecule has 1 aromatic rings. The summed E-state index contributed by atoms with van der Waals surface area (Å²) in [6, 6.07) is 0.618. The highest BCUT2D eigenvalue weighted by molar-refractivity contribution is 5.27. The molecule has 0 aromatic carbocycles. The molecule has 1 saturated carbocycles. The minimum absolute atomic E-state index is 0.618. The molecular weight excluding hydrogens is 214 g/mol. The molecule has 17 heavy (non-hydrogen) atoms. The van der Waals surface area contributed by atoms with Gasteiger partial charge in [-0.2, -0.15) is 0 Å². The lowest BCUT2D eigenvalue weighted by atomic mass is 9.96. The van der Waals surface area contributed by atoms with E-state index in [2.05, 4.69) is 14.9 Å². The van der Waals surface area contributed by atoms with E-state index >= 15 is 0 Å². The van der Waals surface area contributed by atoms with E-state index in [0.29, 0.717) is 6.04 Å². The van der Waals surface area contributed by atoms with Crippen molar-refractivity contribution in [3.05, 3.63) is 12.4 Å². The number of hydrogen-bond donors (Lipinski definition) is 1. The number of methoxy groups -OCH3 is 1. The van der Waals surface area contributed by atoms with Crippen molar-refractivity contribution < 1.29 is 4.74 Å². The molecule has 0 bridgehead atoms. The second kappa shape index (κ2) is 6.64. The van der Waals surface area contributed by atoms with Crippen LogP contribution in [0.5, 0.6) is 0 Å². The van der Waals surface area contributed by atoms with Crippen molar-refractivity contribution in [2.24, 2.45) is 0 Å². The van der Waals surface area contributed by atoms with E-state index in [1.807, 2.05) is 12.4 Å². The fraction of sp³-hybridized carbons (Fsp3) is 0.769. The molecule has 0 saturated heterocycles. The van der Waals surface area contributed by atoms with Crippen LogP contribution in [0.25, 0.3) is 0 Å². The van der Waals surface area contributed by atoms with Gasteiger partial charge in [0, 0.05) is 38.7 Å². The van der Waals surface area contributed by atoms with Gasteiger partial charge in [-0.1, -0.05) is 19.3 Å². The Hall–Kier alpha value is -1.03. The van der Waals surface area contributed by atoms with E-state index in [4.69, 9.17) is 4.74 Å². The molecule has 1 fully saturated rings. The lowest BCUT2D eigenvalue weighted by molar-refractivity contribution is 0.190. The Balaban J connectivity index is 1.84. The summed E-state index contributed by atoms with van der Waals surface area (Å²) >= 11 is 0. The van der Waals surface area contributed by atoms with Crippen LogP contribution in [0.2, 0.25) is 0 Å². The minimum Gasteiger partial charge on any atom is -0.385 e. The molecule has 1 heterocycles. The summed E-state index contributed by atoms with van der Waals surface area (Å²) in [6.07, 6.45) is 11.6. The summed E-state index contributed by atoms with van der Waals surface area (Å²) in [7, 11) is 1.75. The largest absolute Gasteiger partial charge is 0.385 e. The quantitative estimate of drug-likeness (QED) is 0.773. The third-order valence-electron chi connectivity index (χ3n) is 3.40.